The molecule has 5 heteroatoms. The first-order valence-electron chi connectivity index (χ1n) is 11.3. The number of hydrogen-bond acceptors (Lipinski definition) is 4. The number of nitrogens with zero attached hydrogens (tertiary/aromatic N) is 2. The third-order valence-corrected chi connectivity index (χ3v) is 7.09. The normalized spacial score (nSPS) is 15.0. The monoisotopic (exact) mass is 472 g/mol. The zero-order chi connectivity index (χ0) is 23.8. The maximum absolute atomic E-state index is 13.3. The van der Waals surface area contributed by atoms with E-state index in [1.165, 1.54) is 4.90 Å². The van der Waals surface area contributed by atoms with Gasteiger partial charge in [0.25, 0.3) is 11.1 Å². The molecule has 0 bridgehead atoms. The third kappa shape index (κ3) is 4.00. The number of pyridine rings is 1. The van der Waals surface area contributed by atoms with E-state index in [2.05, 4.69) is 12.1 Å². The average Bonchev–Trinajstić information content (AvgIpc) is 3.17. The molecule has 0 radical (unpaired) electrons. The highest BCUT2D eigenvalue weighted by molar-refractivity contribution is 8.18. The summed E-state index contributed by atoms with van der Waals surface area (Å²) in [5, 5.41) is 1.65. The maximum Gasteiger partial charge on any atom is 0.293 e. The summed E-state index contributed by atoms with van der Waals surface area (Å²) in [6.07, 6.45) is 1.84. The molecule has 0 aliphatic carbocycles. The highest BCUT2D eigenvalue weighted by atomic mass is 32.2. The van der Waals surface area contributed by atoms with Crippen molar-refractivity contribution >= 4 is 50.8 Å². The van der Waals surface area contributed by atoms with Crippen LogP contribution < -0.4 is 0 Å². The first kappa shape index (κ1) is 21.3. The van der Waals surface area contributed by atoms with E-state index in [-0.39, 0.29) is 17.7 Å². The Balaban J connectivity index is 1.32. The fourth-order valence-corrected chi connectivity index (χ4v) is 5.23. The Labute approximate surface area is 206 Å². The van der Waals surface area contributed by atoms with E-state index in [0.717, 1.165) is 55.8 Å². The van der Waals surface area contributed by atoms with Gasteiger partial charge in [-0.15, -0.1) is 0 Å². The molecule has 0 saturated carbocycles. The summed E-state index contributed by atoms with van der Waals surface area (Å²) < 4.78 is 0. The summed E-state index contributed by atoms with van der Waals surface area (Å²) in [7, 11) is 0. The number of imide groups is 1. The summed E-state index contributed by atoms with van der Waals surface area (Å²) >= 11 is 0.991. The second kappa shape index (κ2) is 8.85. The van der Waals surface area contributed by atoms with E-state index in [1.807, 2.05) is 97.1 Å². The molecule has 1 aliphatic heterocycles. The first-order valence-corrected chi connectivity index (χ1v) is 12.2. The van der Waals surface area contributed by atoms with Crippen molar-refractivity contribution in [3.8, 4) is 11.1 Å². The van der Waals surface area contributed by atoms with Crippen molar-refractivity contribution in [2.45, 2.75) is 6.54 Å². The fraction of sp³-hybridized carbons (Fsp3) is 0.0333. The summed E-state index contributed by atoms with van der Waals surface area (Å²) in [5.41, 5.74) is 5.76. The molecule has 1 fully saturated rings. The van der Waals surface area contributed by atoms with Crippen molar-refractivity contribution in [2.75, 3.05) is 0 Å². The smallest absolute Gasteiger partial charge is 0.268 e. The maximum atomic E-state index is 13.3. The topological polar surface area (TPSA) is 50.3 Å². The van der Waals surface area contributed by atoms with Crippen LogP contribution in [0, 0.1) is 0 Å². The highest BCUT2D eigenvalue weighted by Crippen LogP contribution is 2.36. The number of thioether (sulfide) groups is 1. The van der Waals surface area contributed by atoms with Crippen molar-refractivity contribution in [3.63, 3.8) is 0 Å². The average molecular weight is 473 g/mol. The van der Waals surface area contributed by atoms with Gasteiger partial charge in [0.2, 0.25) is 0 Å². The van der Waals surface area contributed by atoms with Gasteiger partial charge in [0, 0.05) is 10.8 Å². The summed E-state index contributed by atoms with van der Waals surface area (Å²) in [6, 6.07) is 33.8. The number of amides is 2. The van der Waals surface area contributed by atoms with E-state index < -0.39 is 0 Å². The number of fused-ring (bicyclic) bond motifs is 2. The molecular formula is C30H20N2O2S. The molecule has 0 spiro atoms. The molecule has 35 heavy (non-hydrogen) atoms. The van der Waals surface area contributed by atoms with Crippen LogP contribution in [-0.2, 0) is 11.3 Å². The minimum Gasteiger partial charge on any atom is -0.268 e. The lowest BCUT2D eigenvalue weighted by Gasteiger charge is -2.13. The Kier molecular flexibility index (Phi) is 5.39. The molecule has 1 aliphatic rings. The van der Waals surface area contributed by atoms with Crippen molar-refractivity contribution in [3.05, 3.63) is 119 Å². The van der Waals surface area contributed by atoms with Crippen molar-refractivity contribution in [1.29, 1.82) is 0 Å². The van der Waals surface area contributed by atoms with Gasteiger partial charge in [-0.05, 0) is 52.2 Å². The highest BCUT2D eigenvalue weighted by Gasteiger charge is 2.35. The number of aromatic nitrogens is 1. The van der Waals surface area contributed by atoms with Crippen molar-refractivity contribution in [1.82, 2.24) is 9.88 Å². The van der Waals surface area contributed by atoms with E-state index >= 15 is 0 Å². The van der Waals surface area contributed by atoms with E-state index in [4.69, 9.17) is 4.98 Å². The molecule has 1 aromatic heterocycles. The largest absolute Gasteiger partial charge is 0.293 e. The molecule has 4 aromatic carbocycles. The lowest BCUT2D eigenvalue weighted by molar-refractivity contribution is -0.123. The summed E-state index contributed by atoms with van der Waals surface area (Å²) in [6.45, 7) is 0.245. The SMILES string of the molecule is O=C1S/C(=C\c2c3ccccc3nc3ccccc23)C(=O)N1Cc1ccc(-c2ccccc2)cc1. The second-order valence-electron chi connectivity index (χ2n) is 8.39. The molecule has 0 unspecified atom stereocenters. The van der Waals surface area contributed by atoms with Gasteiger partial charge in [0.05, 0.1) is 22.5 Å². The van der Waals surface area contributed by atoms with Crippen molar-refractivity contribution in [2.24, 2.45) is 0 Å². The molecule has 4 nitrogen and oxygen atoms in total. The molecule has 2 heterocycles. The van der Waals surface area contributed by atoms with Crippen LogP contribution >= 0.6 is 11.8 Å². The zero-order valence-corrected chi connectivity index (χ0v) is 19.5. The summed E-state index contributed by atoms with van der Waals surface area (Å²) in [5.74, 6) is -0.267. The van der Waals surface area contributed by atoms with Gasteiger partial charge in [-0.3, -0.25) is 14.5 Å². The van der Waals surface area contributed by atoms with Crippen LogP contribution in [-0.4, -0.2) is 21.0 Å². The number of hydrogen-bond donors (Lipinski definition) is 0. The van der Waals surface area contributed by atoms with Crippen LogP contribution in [0.4, 0.5) is 4.79 Å². The number of carbonyl (C=O) groups is 2. The molecule has 0 atom stereocenters. The molecular weight excluding hydrogens is 452 g/mol. The van der Waals surface area contributed by atoms with Gasteiger partial charge in [0.15, 0.2) is 0 Å². The van der Waals surface area contributed by atoms with Gasteiger partial charge in [0.1, 0.15) is 0 Å². The fourth-order valence-electron chi connectivity index (χ4n) is 4.41. The number of benzene rings is 4. The Hall–Kier alpha value is -4.22. The number of carbonyl (C=O) groups excluding carboxylic acids is 2. The minimum atomic E-state index is -0.267. The van der Waals surface area contributed by atoms with Crippen LogP contribution in [0.25, 0.3) is 39.0 Å². The Morgan fingerprint density at radius 2 is 1.26 bits per heavy atom. The Bertz CT molecular complexity index is 1570. The van der Waals surface area contributed by atoms with E-state index in [0.29, 0.717) is 4.91 Å². The number of para-hydroxylation sites is 2. The predicted octanol–water partition coefficient (Wildman–Crippen LogP) is 7.29. The molecule has 5 aromatic rings. The number of rotatable bonds is 4. The molecule has 2 amide bonds. The van der Waals surface area contributed by atoms with Crippen LogP contribution in [0.3, 0.4) is 0 Å². The first-order chi connectivity index (χ1) is 17.2. The third-order valence-electron chi connectivity index (χ3n) is 6.18. The van der Waals surface area contributed by atoms with Crippen LogP contribution in [0.1, 0.15) is 11.1 Å². The standard InChI is InChI=1S/C30H20N2O2S/c33-29-28(18-25-23-10-4-6-12-26(23)31-27-13-7-5-11-24(25)27)35-30(34)32(29)19-20-14-16-22(17-15-20)21-8-2-1-3-9-21/h1-18H,19H2/b28-18-. The lowest BCUT2D eigenvalue weighted by atomic mass is 10.0. The van der Waals surface area contributed by atoms with Crippen LogP contribution in [0.5, 0.6) is 0 Å². The predicted molar refractivity (Wildman–Crippen MR) is 143 cm³/mol. The van der Waals surface area contributed by atoms with Crippen LogP contribution in [0.15, 0.2) is 108 Å². The van der Waals surface area contributed by atoms with Gasteiger partial charge < -0.3 is 0 Å². The summed E-state index contributed by atoms with van der Waals surface area (Å²) in [4.78, 5) is 32.6. The van der Waals surface area contributed by atoms with Crippen LogP contribution in [0.2, 0.25) is 0 Å². The second-order valence-corrected chi connectivity index (χ2v) is 9.38. The quantitative estimate of drug-likeness (QED) is 0.204. The van der Waals surface area contributed by atoms with Gasteiger partial charge in [-0.25, -0.2) is 4.98 Å². The minimum absolute atomic E-state index is 0.245. The van der Waals surface area contributed by atoms with E-state index in [1.54, 1.807) is 0 Å². The molecule has 168 valence electrons. The molecule has 1 saturated heterocycles. The Morgan fingerprint density at radius 3 is 1.91 bits per heavy atom. The van der Waals surface area contributed by atoms with Gasteiger partial charge >= 0.3 is 0 Å². The van der Waals surface area contributed by atoms with Gasteiger partial charge in [-0.2, -0.15) is 0 Å². The Morgan fingerprint density at radius 1 is 0.686 bits per heavy atom. The van der Waals surface area contributed by atoms with E-state index in [9.17, 15) is 9.59 Å². The molecule has 6 rings (SSSR count). The molecule has 0 N–H and O–H groups in total. The lowest BCUT2D eigenvalue weighted by Crippen LogP contribution is -2.27. The van der Waals surface area contributed by atoms with Gasteiger partial charge in [-0.1, -0.05) is 91.0 Å². The zero-order valence-electron chi connectivity index (χ0n) is 18.7. The van der Waals surface area contributed by atoms with Crippen molar-refractivity contribution < 1.29 is 9.59 Å².